The van der Waals surface area contributed by atoms with Crippen molar-refractivity contribution in [3.63, 3.8) is 0 Å². The highest BCUT2D eigenvalue weighted by Crippen LogP contribution is 2.34. The molecule has 0 saturated carbocycles. The number of hydrogen-bond acceptors (Lipinski definition) is 4. The highest BCUT2D eigenvalue weighted by Gasteiger charge is 2.15. The second kappa shape index (κ2) is 9.15. The number of aromatic carboxylic acids is 1. The van der Waals surface area contributed by atoms with Gasteiger partial charge in [-0.05, 0) is 36.8 Å². The van der Waals surface area contributed by atoms with Crippen LogP contribution < -0.4 is 4.74 Å². The van der Waals surface area contributed by atoms with Gasteiger partial charge in [0.1, 0.15) is 5.75 Å². The first-order chi connectivity index (χ1) is 12.9. The third-order valence-corrected chi connectivity index (χ3v) is 5.71. The second-order valence-electron chi connectivity index (χ2n) is 5.60. The minimum Gasteiger partial charge on any atom is -0.493 e. The van der Waals surface area contributed by atoms with Crippen molar-refractivity contribution in [1.82, 2.24) is 4.98 Å². The zero-order valence-electron chi connectivity index (χ0n) is 13.9. The number of aromatic nitrogens is 1. The Hall–Kier alpha value is -1.47. The lowest BCUT2D eigenvalue weighted by Gasteiger charge is -2.12. The molecular formula is C19H14BrCl2NO3S. The molecule has 0 fully saturated rings. The van der Waals surface area contributed by atoms with Crippen LogP contribution in [0.2, 0.25) is 10.0 Å². The van der Waals surface area contributed by atoms with E-state index in [1.807, 2.05) is 12.1 Å². The summed E-state index contributed by atoms with van der Waals surface area (Å²) in [5.74, 6) is 0.125. The largest absolute Gasteiger partial charge is 0.493 e. The molecule has 4 nitrogen and oxygen atoms in total. The zero-order valence-corrected chi connectivity index (χ0v) is 17.8. The Labute approximate surface area is 179 Å². The highest BCUT2D eigenvalue weighted by atomic mass is 79.9. The average molecular weight is 487 g/mol. The smallest absolute Gasteiger partial charge is 0.354 e. The van der Waals surface area contributed by atoms with Crippen molar-refractivity contribution in [3.8, 4) is 5.75 Å². The van der Waals surface area contributed by atoms with Gasteiger partial charge < -0.3 is 9.84 Å². The molecule has 1 aromatic heterocycles. The van der Waals surface area contributed by atoms with Gasteiger partial charge in [-0.25, -0.2) is 9.78 Å². The number of fused-ring (bicyclic) bond motifs is 1. The van der Waals surface area contributed by atoms with Crippen molar-refractivity contribution >= 4 is 67.8 Å². The Morgan fingerprint density at radius 2 is 2.04 bits per heavy atom. The lowest BCUT2D eigenvalue weighted by molar-refractivity contribution is 0.0690. The summed E-state index contributed by atoms with van der Waals surface area (Å²) in [6, 6.07) is 12.6. The maximum absolute atomic E-state index is 11.3. The molecule has 2 aromatic carbocycles. The third kappa shape index (κ3) is 5.29. The predicted molar refractivity (Wildman–Crippen MR) is 114 cm³/mol. The summed E-state index contributed by atoms with van der Waals surface area (Å²) in [6.07, 6.45) is 0.786. The summed E-state index contributed by atoms with van der Waals surface area (Å²) >= 11 is 17.5. The van der Waals surface area contributed by atoms with Gasteiger partial charge in [0.2, 0.25) is 0 Å². The number of pyridine rings is 1. The van der Waals surface area contributed by atoms with E-state index in [1.54, 1.807) is 23.9 Å². The minimum absolute atomic E-state index is 0.112. The van der Waals surface area contributed by atoms with Crippen LogP contribution in [0.25, 0.3) is 10.9 Å². The van der Waals surface area contributed by atoms with E-state index >= 15 is 0 Å². The number of thioether (sulfide) groups is 1. The van der Waals surface area contributed by atoms with Crippen LogP contribution >= 0.6 is 50.9 Å². The van der Waals surface area contributed by atoms with Crippen LogP contribution in [0.4, 0.5) is 0 Å². The molecule has 140 valence electrons. The van der Waals surface area contributed by atoms with Crippen molar-refractivity contribution < 1.29 is 14.6 Å². The highest BCUT2D eigenvalue weighted by molar-refractivity contribution is 9.10. The first kappa shape index (κ1) is 20.3. The van der Waals surface area contributed by atoms with Gasteiger partial charge in [-0.1, -0.05) is 45.2 Å². The van der Waals surface area contributed by atoms with Gasteiger partial charge in [0, 0.05) is 26.2 Å². The molecule has 1 heterocycles. The van der Waals surface area contributed by atoms with E-state index in [0.717, 1.165) is 16.6 Å². The Morgan fingerprint density at radius 1 is 1.22 bits per heavy atom. The quantitative estimate of drug-likeness (QED) is 0.302. The van der Waals surface area contributed by atoms with Crippen LogP contribution in [0, 0.1) is 0 Å². The fourth-order valence-electron chi connectivity index (χ4n) is 2.46. The van der Waals surface area contributed by atoms with Crippen LogP contribution in [0.15, 0.2) is 51.8 Å². The number of ether oxygens (including phenoxy) is 1. The molecule has 27 heavy (non-hydrogen) atoms. The summed E-state index contributed by atoms with van der Waals surface area (Å²) in [4.78, 5) is 16.6. The molecule has 0 aliphatic rings. The summed E-state index contributed by atoms with van der Waals surface area (Å²) in [6.45, 7) is 0.429. The second-order valence-corrected chi connectivity index (χ2v) is 8.53. The number of halogens is 3. The SMILES string of the molecule is O=C(O)c1cc(OCCCSc2cccc(Br)c2)c2c(Cl)cc(Cl)cc2n1. The molecule has 3 aromatic rings. The minimum atomic E-state index is -1.14. The Balaban J connectivity index is 1.71. The standard InChI is InChI=1S/C19H14BrCl2NO3S/c20-11-3-1-4-13(7-11)27-6-2-5-26-17-10-16(19(24)25)23-15-9-12(21)8-14(22)18(15)17/h1,3-4,7-10H,2,5-6H2,(H,24,25). The molecular weight excluding hydrogens is 473 g/mol. The topological polar surface area (TPSA) is 59.4 Å². The molecule has 0 aliphatic carbocycles. The van der Waals surface area contributed by atoms with Gasteiger partial charge >= 0.3 is 5.97 Å². The van der Waals surface area contributed by atoms with Gasteiger partial charge in [0.25, 0.3) is 0 Å². The molecule has 0 saturated heterocycles. The summed E-state index contributed by atoms with van der Waals surface area (Å²) in [7, 11) is 0. The molecule has 0 bridgehead atoms. The Kier molecular flexibility index (Phi) is 6.87. The molecule has 3 rings (SSSR count). The van der Waals surface area contributed by atoms with Crippen LogP contribution in [-0.4, -0.2) is 28.4 Å². The van der Waals surface area contributed by atoms with Crippen molar-refractivity contribution in [1.29, 1.82) is 0 Å². The molecule has 0 amide bonds. The van der Waals surface area contributed by atoms with Crippen LogP contribution in [-0.2, 0) is 0 Å². The van der Waals surface area contributed by atoms with Crippen LogP contribution in [0.5, 0.6) is 5.75 Å². The van der Waals surface area contributed by atoms with Crippen molar-refractivity contribution in [2.45, 2.75) is 11.3 Å². The van der Waals surface area contributed by atoms with Crippen LogP contribution in [0.1, 0.15) is 16.9 Å². The van der Waals surface area contributed by atoms with Gasteiger partial charge in [-0.15, -0.1) is 11.8 Å². The summed E-state index contributed by atoms with van der Waals surface area (Å²) < 4.78 is 6.88. The number of benzene rings is 2. The maximum Gasteiger partial charge on any atom is 0.354 e. The van der Waals surface area contributed by atoms with Crippen molar-refractivity contribution in [2.24, 2.45) is 0 Å². The number of carboxylic acid groups (broad SMARTS) is 1. The zero-order chi connectivity index (χ0) is 19.4. The molecule has 0 aliphatic heterocycles. The Bertz CT molecular complexity index is 1000. The molecule has 1 N–H and O–H groups in total. The fourth-order valence-corrected chi connectivity index (χ4v) is 4.47. The lowest BCUT2D eigenvalue weighted by Crippen LogP contribution is -2.05. The van der Waals surface area contributed by atoms with Gasteiger partial charge in [0.15, 0.2) is 5.69 Å². The van der Waals surface area contributed by atoms with E-state index in [9.17, 15) is 9.90 Å². The summed E-state index contributed by atoms with van der Waals surface area (Å²) in [5, 5.41) is 10.6. The third-order valence-electron chi connectivity index (χ3n) is 3.62. The molecule has 0 spiro atoms. The predicted octanol–water partition coefficient (Wildman–Crippen LogP) is 6.56. The fraction of sp³-hybridized carbons (Fsp3) is 0.158. The maximum atomic E-state index is 11.3. The number of carbonyl (C=O) groups is 1. The first-order valence-corrected chi connectivity index (χ1v) is 10.5. The molecule has 0 radical (unpaired) electrons. The summed E-state index contributed by atoms with van der Waals surface area (Å²) in [5.41, 5.74) is 0.283. The van der Waals surface area contributed by atoms with Gasteiger partial charge in [-0.3, -0.25) is 0 Å². The van der Waals surface area contributed by atoms with E-state index < -0.39 is 5.97 Å². The number of hydrogen-bond donors (Lipinski definition) is 1. The molecule has 8 heteroatoms. The number of nitrogens with zero attached hydrogens (tertiary/aromatic N) is 1. The van der Waals surface area contributed by atoms with E-state index in [0.29, 0.717) is 33.3 Å². The monoisotopic (exact) mass is 485 g/mol. The molecule has 0 atom stereocenters. The molecule has 0 unspecified atom stereocenters. The number of carboxylic acids is 1. The lowest BCUT2D eigenvalue weighted by atomic mass is 10.1. The first-order valence-electron chi connectivity index (χ1n) is 7.98. The van der Waals surface area contributed by atoms with E-state index in [1.165, 1.54) is 11.0 Å². The van der Waals surface area contributed by atoms with E-state index in [-0.39, 0.29) is 5.69 Å². The van der Waals surface area contributed by atoms with Gasteiger partial charge in [0.05, 0.1) is 22.5 Å². The van der Waals surface area contributed by atoms with Crippen molar-refractivity contribution in [2.75, 3.05) is 12.4 Å². The number of rotatable bonds is 7. The van der Waals surface area contributed by atoms with E-state index in [4.69, 9.17) is 27.9 Å². The van der Waals surface area contributed by atoms with Crippen LogP contribution in [0.3, 0.4) is 0 Å². The Morgan fingerprint density at radius 3 is 2.78 bits per heavy atom. The van der Waals surface area contributed by atoms with E-state index in [2.05, 4.69) is 33.0 Å². The van der Waals surface area contributed by atoms with Crippen molar-refractivity contribution in [3.05, 3.63) is 62.7 Å². The van der Waals surface area contributed by atoms with Gasteiger partial charge in [-0.2, -0.15) is 0 Å². The normalized spacial score (nSPS) is 10.9. The average Bonchev–Trinajstić information content (AvgIpc) is 2.60.